The molecule has 0 spiro atoms. The number of carbonyl (C=O) groups excluding carboxylic acids is 1. The Bertz CT molecular complexity index is 953. The van der Waals surface area contributed by atoms with Crippen LogP contribution in [0.15, 0.2) is 14.7 Å². The fraction of sp³-hybridized carbons (Fsp3) is 0.333. The van der Waals surface area contributed by atoms with Crippen molar-refractivity contribution in [2.75, 3.05) is 22.9 Å². The first-order valence-electron chi connectivity index (χ1n) is 7.51. The van der Waals surface area contributed by atoms with Crippen LogP contribution in [0.4, 0.5) is 10.3 Å². The number of carbonyl (C=O) groups is 1. The zero-order valence-corrected chi connectivity index (χ0v) is 17.8. The highest BCUT2D eigenvalue weighted by Gasteiger charge is 2.19. The van der Waals surface area contributed by atoms with Crippen molar-refractivity contribution >= 4 is 72.9 Å². The molecule has 12 nitrogen and oxygen atoms in total. The number of anilines is 2. The van der Waals surface area contributed by atoms with Gasteiger partial charge >= 0.3 is 0 Å². The molecule has 1 amide bonds. The summed E-state index contributed by atoms with van der Waals surface area (Å²) in [4.78, 5) is 19.2. The molecule has 6 N–H and O–H groups in total. The zero-order chi connectivity index (χ0) is 20.6. The molecule has 0 saturated heterocycles. The second-order valence-corrected chi connectivity index (χ2v) is 9.77. The molecule has 28 heavy (non-hydrogen) atoms. The summed E-state index contributed by atoms with van der Waals surface area (Å²) in [5, 5.41) is 21.8. The molecular weight excluding hydrogens is 446 g/mol. The number of thiazole rings is 1. The Kier molecular flexibility index (Phi) is 8.09. The minimum absolute atomic E-state index is 0.102. The molecule has 0 aliphatic heterocycles. The van der Waals surface area contributed by atoms with Gasteiger partial charge in [-0.2, -0.15) is 20.2 Å². The number of amides is 1. The third-order valence-electron chi connectivity index (χ3n) is 2.63. The number of aromatic nitrogens is 3. The lowest BCUT2D eigenvalue weighted by atomic mass is 10.6. The van der Waals surface area contributed by atoms with Crippen LogP contribution in [0.3, 0.4) is 0 Å². The number of nitrogens with zero attached hydrogens (tertiary/aromatic N) is 4. The van der Waals surface area contributed by atoms with Gasteiger partial charge in [0.05, 0.1) is 12.0 Å². The van der Waals surface area contributed by atoms with Gasteiger partial charge in [0, 0.05) is 30.4 Å². The van der Waals surface area contributed by atoms with Crippen molar-refractivity contribution in [1.29, 1.82) is 5.41 Å². The van der Waals surface area contributed by atoms with E-state index in [1.807, 2.05) is 5.38 Å². The summed E-state index contributed by atoms with van der Waals surface area (Å²) in [7, 11) is -3.87. The van der Waals surface area contributed by atoms with Crippen molar-refractivity contribution in [3.05, 3.63) is 11.1 Å². The summed E-state index contributed by atoms with van der Waals surface area (Å²) in [5.74, 6) is 0.798. The highest BCUT2D eigenvalue weighted by Crippen LogP contribution is 2.20. The van der Waals surface area contributed by atoms with Crippen LogP contribution in [0.25, 0.3) is 0 Å². The lowest BCUT2D eigenvalue weighted by Gasteiger charge is -1.99. The van der Waals surface area contributed by atoms with Crippen molar-refractivity contribution in [2.45, 2.75) is 17.0 Å². The van der Waals surface area contributed by atoms with Crippen LogP contribution in [-0.4, -0.2) is 54.1 Å². The van der Waals surface area contributed by atoms with Gasteiger partial charge in [0.25, 0.3) is 14.4 Å². The standard InChI is InChI=1S/C12H17N9O3S4/c1-7(22)17-11-20-21-12(27-11)28(23,24)16-6-15-2-3-25-4-8-5-26-10(18-8)19-9(13)14/h5-6H,2-4H2,1H3,(H,15,16)(H,17,20,22)(H4,13,14,18,19). The van der Waals surface area contributed by atoms with Crippen LogP contribution >= 0.6 is 34.4 Å². The summed E-state index contributed by atoms with van der Waals surface area (Å²) < 4.78 is 26.0. The van der Waals surface area contributed by atoms with Crippen molar-refractivity contribution in [1.82, 2.24) is 19.9 Å². The SMILES string of the molecule is CC(=O)Nc1nnc(S(=O)(=O)N/C=N/CCSCc2csc(NC(=N)N)n2)s1. The molecule has 2 heterocycles. The van der Waals surface area contributed by atoms with E-state index in [-0.39, 0.29) is 21.3 Å². The Labute approximate surface area is 173 Å². The number of hydrogen-bond donors (Lipinski definition) is 5. The summed E-state index contributed by atoms with van der Waals surface area (Å²) in [6.07, 6.45) is 1.09. The molecule has 0 saturated carbocycles. The maximum atomic E-state index is 12.0. The number of thioether (sulfide) groups is 1. The third-order valence-corrected chi connectivity index (χ3v) is 6.90. The molecule has 2 rings (SSSR count). The van der Waals surface area contributed by atoms with Gasteiger partial charge in [-0.1, -0.05) is 11.3 Å². The lowest BCUT2D eigenvalue weighted by molar-refractivity contribution is -0.114. The smallest absolute Gasteiger partial charge is 0.291 e. The van der Waals surface area contributed by atoms with Crippen molar-refractivity contribution < 1.29 is 13.2 Å². The van der Waals surface area contributed by atoms with E-state index >= 15 is 0 Å². The van der Waals surface area contributed by atoms with E-state index in [1.165, 1.54) is 18.3 Å². The Morgan fingerprint density at radius 2 is 2.18 bits per heavy atom. The van der Waals surface area contributed by atoms with E-state index in [0.717, 1.165) is 23.4 Å². The summed E-state index contributed by atoms with van der Waals surface area (Å²) >= 11 is 3.68. The van der Waals surface area contributed by atoms with Crippen LogP contribution in [0.5, 0.6) is 0 Å². The molecule has 0 bridgehead atoms. The van der Waals surface area contributed by atoms with E-state index in [1.54, 1.807) is 11.8 Å². The number of rotatable bonds is 10. The van der Waals surface area contributed by atoms with E-state index in [2.05, 4.69) is 35.5 Å². The minimum atomic E-state index is -3.87. The van der Waals surface area contributed by atoms with Gasteiger partial charge in [0.2, 0.25) is 11.0 Å². The molecule has 0 aliphatic rings. The minimum Gasteiger partial charge on any atom is -0.370 e. The fourth-order valence-corrected chi connectivity index (χ4v) is 4.95. The van der Waals surface area contributed by atoms with Gasteiger partial charge in [0.1, 0.15) is 0 Å². The molecule has 0 aromatic carbocycles. The molecule has 0 unspecified atom stereocenters. The van der Waals surface area contributed by atoms with Crippen molar-refractivity contribution in [3.63, 3.8) is 0 Å². The van der Waals surface area contributed by atoms with Gasteiger partial charge < -0.3 is 16.4 Å². The van der Waals surface area contributed by atoms with E-state index in [0.29, 0.717) is 23.2 Å². The highest BCUT2D eigenvalue weighted by atomic mass is 32.2. The van der Waals surface area contributed by atoms with Gasteiger partial charge in [-0.05, 0) is 0 Å². The lowest BCUT2D eigenvalue weighted by Crippen LogP contribution is -2.22. The molecule has 0 atom stereocenters. The maximum Gasteiger partial charge on any atom is 0.291 e. The second kappa shape index (κ2) is 10.3. The molecular formula is C12H17N9O3S4. The summed E-state index contributed by atoms with van der Waals surface area (Å²) in [6.45, 7) is 1.69. The Balaban J connectivity index is 1.70. The Hall–Kier alpha value is -2.30. The van der Waals surface area contributed by atoms with E-state index in [9.17, 15) is 13.2 Å². The fourth-order valence-electron chi connectivity index (χ4n) is 1.58. The first-order chi connectivity index (χ1) is 13.3. The first-order valence-corrected chi connectivity index (χ1v) is 11.8. The topological polar surface area (TPSA) is 188 Å². The normalized spacial score (nSPS) is 11.5. The number of nitrogens with one attached hydrogen (secondary N) is 4. The first kappa shape index (κ1) is 22.0. The van der Waals surface area contributed by atoms with Gasteiger partial charge in [0.15, 0.2) is 11.1 Å². The van der Waals surface area contributed by atoms with Crippen molar-refractivity contribution in [3.8, 4) is 0 Å². The van der Waals surface area contributed by atoms with Crippen LogP contribution in [0.2, 0.25) is 0 Å². The predicted octanol–water partition coefficient (Wildman–Crippen LogP) is 0.498. The molecule has 0 fully saturated rings. The molecule has 152 valence electrons. The molecule has 0 radical (unpaired) electrons. The van der Waals surface area contributed by atoms with Gasteiger partial charge in [-0.25, -0.2) is 4.98 Å². The Morgan fingerprint density at radius 3 is 2.89 bits per heavy atom. The summed E-state index contributed by atoms with van der Waals surface area (Å²) in [5.41, 5.74) is 6.09. The second-order valence-electron chi connectivity index (χ2n) is 4.95. The monoisotopic (exact) mass is 463 g/mol. The number of sulfonamides is 1. The molecule has 2 aromatic rings. The number of hydrogen-bond acceptors (Lipinski definition) is 11. The van der Waals surface area contributed by atoms with Crippen LogP contribution in [-0.2, 0) is 20.6 Å². The van der Waals surface area contributed by atoms with E-state index < -0.39 is 10.0 Å². The number of guanidine groups is 1. The largest absolute Gasteiger partial charge is 0.370 e. The van der Waals surface area contributed by atoms with Crippen LogP contribution < -0.4 is 21.1 Å². The Morgan fingerprint density at radius 1 is 1.39 bits per heavy atom. The third kappa shape index (κ3) is 7.37. The average Bonchev–Trinajstić information content (AvgIpc) is 3.23. The molecule has 16 heteroatoms. The van der Waals surface area contributed by atoms with Crippen LogP contribution in [0.1, 0.15) is 12.6 Å². The number of nitrogens with two attached hydrogens (primary N) is 1. The summed E-state index contributed by atoms with van der Waals surface area (Å²) in [6, 6.07) is 0. The number of aliphatic imine (C=N–C) groups is 1. The predicted molar refractivity (Wildman–Crippen MR) is 112 cm³/mol. The van der Waals surface area contributed by atoms with Crippen LogP contribution in [0, 0.1) is 5.41 Å². The average molecular weight is 464 g/mol. The van der Waals surface area contributed by atoms with E-state index in [4.69, 9.17) is 11.1 Å². The molecule has 2 aromatic heterocycles. The molecule has 0 aliphatic carbocycles. The van der Waals surface area contributed by atoms with Gasteiger partial charge in [-0.15, -0.1) is 21.5 Å². The highest BCUT2D eigenvalue weighted by molar-refractivity contribution is 7.98. The zero-order valence-electron chi connectivity index (χ0n) is 14.5. The van der Waals surface area contributed by atoms with Gasteiger partial charge in [-0.3, -0.25) is 19.9 Å². The maximum absolute atomic E-state index is 12.0. The van der Waals surface area contributed by atoms with Crippen molar-refractivity contribution in [2.24, 2.45) is 10.7 Å². The quantitative estimate of drug-likeness (QED) is 0.145.